The van der Waals surface area contributed by atoms with Gasteiger partial charge in [0.05, 0.1) is 22.9 Å². The number of rotatable bonds is 13. The number of fused-ring (bicyclic) bond motifs is 3. The molecule has 3 N–H and O–H groups in total. The molecule has 12 heteroatoms. The average Bonchev–Trinajstić information content (AvgIpc) is 3.48. The van der Waals surface area contributed by atoms with Crippen LogP contribution in [0.15, 0.2) is 76.7 Å². The number of para-hydroxylation sites is 1. The number of H-pyrrole nitrogens is 1. The second kappa shape index (κ2) is 15.2. The Morgan fingerprint density at radius 3 is 2.48 bits per heavy atom. The lowest BCUT2D eigenvalue weighted by molar-refractivity contribution is -0.149. The summed E-state index contributed by atoms with van der Waals surface area (Å²) in [7, 11) is 0. The lowest BCUT2D eigenvalue weighted by atomic mass is 10.1. The Hall–Kier alpha value is -3.71. The molecule has 2 aliphatic heterocycles. The van der Waals surface area contributed by atoms with E-state index in [-0.39, 0.29) is 12.6 Å². The van der Waals surface area contributed by atoms with Gasteiger partial charge in [0, 0.05) is 66.2 Å². The number of benzene rings is 3. The molecule has 1 fully saturated rings. The second-order valence-corrected chi connectivity index (χ2v) is 13.5. The molecule has 2 aliphatic rings. The zero-order chi connectivity index (χ0) is 33.7. The standard InChI is InChI=1S/C36H42F3N5O3S/c1-25(24-47-28-8-9-30-29(22-28)26(11-12-40)23-41-30)35(45)46-20-19-43-17-15-42(16-18-43)13-4-14-44-31-5-2-3-6-33(31)48-34-10-7-27(21-32(34)44)36(37,38)39/h2-3,5-10,21-23,25,41H,4,11-20,24,40H2,1H3. The number of carbonyl (C=O) groups excluding carboxylic acids is 1. The molecule has 0 aliphatic carbocycles. The van der Waals surface area contributed by atoms with Gasteiger partial charge in [0.2, 0.25) is 0 Å². The highest BCUT2D eigenvalue weighted by molar-refractivity contribution is 7.99. The number of aromatic amines is 1. The van der Waals surface area contributed by atoms with Crippen LogP contribution in [-0.2, 0) is 22.1 Å². The Morgan fingerprint density at radius 2 is 1.71 bits per heavy atom. The first-order valence-corrected chi connectivity index (χ1v) is 17.3. The number of aromatic nitrogens is 1. The first-order chi connectivity index (χ1) is 23.2. The number of nitrogens with zero attached hydrogens (tertiary/aromatic N) is 3. The van der Waals surface area contributed by atoms with E-state index in [1.165, 1.54) is 23.9 Å². The molecule has 1 aromatic heterocycles. The van der Waals surface area contributed by atoms with Gasteiger partial charge in [-0.3, -0.25) is 9.69 Å². The van der Waals surface area contributed by atoms with Crippen molar-refractivity contribution in [2.24, 2.45) is 11.7 Å². The molecule has 48 heavy (non-hydrogen) atoms. The van der Waals surface area contributed by atoms with E-state index in [0.29, 0.717) is 37.7 Å². The number of nitrogens with one attached hydrogen (secondary N) is 1. The average molecular weight is 682 g/mol. The van der Waals surface area contributed by atoms with Crippen molar-refractivity contribution < 1.29 is 27.4 Å². The normalized spacial score (nSPS) is 16.1. The van der Waals surface area contributed by atoms with Crippen molar-refractivity contribution in [2.75, 3.05) is 70.5 Å². The van der Waals surface area contributed by atoms with Crippen LogP contribution in [-0.4, -0.2) is 86.3 Å². The largest absolute Gasteiger partial charge is 0.493 e. The molecule has 0 radical (unpaired) electrons. The van der Waals surface area contributed by atoms with Gasteiger partial charge in [-0.1, -0.05) is 23.9 Å². The summed E-state index contributed by atoms with van der Waals surface area (Å²) in [6, 6.07) is 17.8. The molecule has 0 saturated carbocycles. The van der Waals surface area contributed by atoms with E-state index >= 15 is 0 Å². The third kappa shape index (κ3) is 8.11. The van der Waals surface area contributed by atoms with Gasteiger partial charge in [0.1, 0.15) is 19.0 Å². The number of halogens is 3. The topological polar surface area (TPSA) is 87.1 Å². The summed E-state index contributed by atoms with van der Waals surface area (Å²) >= 11 is 1.51. The van der Waals surface area contributed by atoms with Crippen molar-refractivity contribution in [3.05, 3.63) is 78.0 Å². The molecule has 6 rings (SSSR count). The van der Waals surface area contributed by atoms with Crippen LogP contribution in [0.2, 0.25) is 0 Å². The number of hydrogen-bond donors (Lipinski definition) is 2. The maximum absolute atomic E-state index is 13.5. The lowest BCUT2D eigenvalue weighted by Gasteiger charge is -2.36. The number of esters is 1. The van der Waals surface area contributed by atoms with Gasteiger partial charge in [0.25, 0.3) is 0 Å². The Kier molecular flexibility index (Phi) is 10.8. The highest BCUT2D eigenvalue weighted by Gasteiger charge is 2.33. The summed E-state index contributed by atoms with van der Waals surface area (Å²) < 4.78 is 52.1. The van der Waals surface area contributed by atoms with Crippen molar-refractivity contribution in [1.82, 2.24) is 14.8 Å². The predicted molar refractivity (Wildman–Crippen MR) is 183 cm³/mol. The molecule has 3 aromatic carbocycles. The van der Waals surface area contributed by atoms with Gasteiger partial charge >= 0.3 is 12.1 Å². The molecule has 0 amide bonds. The van der Waals surface area contributed by atoms with Gasteiger partial charge in [-0.2, -0.15) is 13.2 Å². The van der Waals surface area contributed by atoms with E-state index in [0.717, 1.165) is 77.5 Å². The highest BCUT2D eigenvalue weighted by atomic mass is 32.2. The fraction of sp³-hybridized carbons (Fsp3) is 0.417. The first-order valence-electron chi connectivity index (χ1n) is 16.5. The summed E-state index contributed by atoms with van der Waals surface area (Å²) in [6.45, 7) is 8.59. The fourth-order valence-electron chi connectivity index (χ4n) is 6.25. The number of anilines is 2. The van der Waals surface area contributed by atoms with Crippen molar-refractivity contribution >= 4 is 40.0 Å². The molecule has 1 atom stereocenters. The van der Waals surface area contributed by atoms with Gasteiger partial charge in [-0.05, 0) is 86.9 Å². The van der Waals surface area contributed by atoms with Crippen molar-refractivity contribution in [1.29, 1.82) is 0 Å². The lowest BCUT2D eigenvalue weighted by Crippen LogP contribution is -2.47. The molecule has 8 nitrogen and oxygen atoms in total. The van der Waals surface area contributed by atoms with Crippen LogP contribution in [0, 0.1) is 5.92 Å². The maximum atomic E-state index is 13.5. The van der Waals surface area contributed by atoms with E-state index in [2.05, 4.69) is 14.8 Å². The molecule has 256 valence electrons. The molecule has 0 spiro atoms. The number of alkyl halides is 3. The molecule has 3 heterocycles. The third-order valence-electron chi connectivity index (χ3n) is 8.98. The molecule has 0 bridgehead atoms. The van der Waals surface area contributed by atoms with Gasteiger partial charge < -0.3 is 30.0 Å². The van der Waals surface area contributed by atoms with Crippen LogP contribution >= 0.6 is 11.8 Å². The molecule has 1 unspecified atom stereocenters. The monoisotopic (exact) mass is 681 g/mol. The Balaban J connectivity index is 0.915. The van der Waals surface area contributed by atoms with Crippen LogP contribution in [0.5, 0.6) is 5.75 Å². The van der Waals surface area contributed by atoms with E-state index < -0.39 is 17.7 Å². The van der Waals surface area contributed by atoms with Crippen LogP contribution in [0.3, 0.4) is 0 Å². The van der Waals surface area contributed by atoms with Crippen molar-refractivity contribution in [2.45, 2.75) is 35.7 Å². The third-order valence-corrected chi connectivity index (χ3v) is 10.1. The second-order valence-electron chi connectivity index (χ2n) is 12.4. The first kappa shape index (κ1) is 34.2. The number of piperazine rings is 1. The van der Waals surface area contributed by atoms with Crippen molar-refractivity contribution in [3.63, 3.8) is 0 Å². The number of nitrogens with two attached hydrogens (primary N) is 1. The summed E-state index contributed by atoms with van der Waals surface area (Å²) in [5, 5.41) is 1.08. The van der Waals surface area contributed by atoms with Crippen molar-refractivity contribution in [3.8, 4) is 5.75 Å². The number of hydrogen-bond acceptors (Lipinski definition) is 8. The minimum atomic E-state index is -4.39. The fourth-order valence-corrected chi connectivity index (χ4v) is 7.33. The minimum absolute atomic E-state index is 0.233. The predicted octanol–water partition coefficient (Wildman–Crippen LogP) is 6.56. The SMILES string of the molecule is CC(COc1ccc2[nH]cc(CCN)c2c1)C(=O)OCCN1CCN(CCCN2c3ccccc3Sc3ccc(C(F)(F)F)cc32)CC1. The van der Waals surface area contributed by atoms with E-state index in [1.54, 1.807) is 6.07 Å². The summed E-state index contributed by atoms with van der Waals surface area (Å²) in [5.74, 6) is 0.0320. The van der Waals surface area contributed by atoms with E-state index in [9.17, 15) is 18.0 Å². The zero-order valence-corrected chi connectivity index (χ0v) is 27.9. The molecule has 4 aromatic rings. The smallest absolute Gasteiger partial charge is 0.416 e. The maximum Gasteiger partial charge on any atom is 0.416 e. The number of ether oxygens (including phenoxy) is 2. The quantitative estimate of drug-likeness (QED) is 0.154. The summed E-state index contributed by atoms with van der Waals surface area (Å²) in [4.78, 5) is 24.5. The van der Waals surface area contributed by atoms with E-state index in [1.807, 2.05) is 60.5 Å². The van der Waals surface area contributed by atoms with Crippen LogP contribution < -0.4 is 15.4 Å². The van der Waals surface area contributed by atoms with Crippen LogP contribution in [0.25, 0.3) is 10.9 Å². The zero-order valence-electron chi connectivity index (χ0n) is 27.1. The van der Waals surface area contributed by atoms with Gasteiger partial charge in [-0.15, -0.1) is 0 Å². The Morgan fingerprint density at radius 1 is 0.958 bits per heavy atom. The molecular formula is C36H42F3N5O3S. The van der Waals surface area contributed by atoms with Gasteiger partial charge in [0.15, 0.2) is 0 Å². The summed E-state index contributed by atoms with van der Waals surface area (Å²) in [6.07, 6.45) is -0.819. The molecular weight excluding hydrogens is 639 g/mol. The van der Waals surface area contributed by atoms with Crippen LogP contribution in [0.4, 0.5) is 24.5 Å². The minimum Gasteiger partial charge on any atom is -0.493 e. The Bertz CT molecular complexity index is 1710. The van der Waals surface area contributed by atoms with Gasteiger partial charge in [-0.25, -0.2) is 0 Å². The van der Waals surface area contributed by atoms with Crippen LogP contribution in [0.1, 0.15) is 24.5 Å². The van der Waals surface area contributed by atoms with E-state index in [4.69, 9.17) is 15.2 Å². The number of carbonyl (C=O) groups is 1. The Labute approximate surface area is 283 Å². The highest BCUT2D eigenvalue weighted by Crippen LogP contribution is 2.49. The summed E-state index contributed by atoms with van der Waals surface area (Å²) in [5.41, 5.74) is 8.83. The molecule has 1 saturated heterocycles.